The highest BCUT2D eigenvalue weighted by molar-refractivity contribution is 5.94. The molecule has 114 valence electrons. The van der Waals surface area contributed by atoms with Crippen LogP contribution in [0.5, 0.6) is 5.75 Å². The van der Waals surface area contributed by atoms with Crippen LogP contribution in [0.25, 0.3) is 0 Å². The summed E-state index contributed by atoms with van der Waals surface area (Å²) >= 11 is 0. The Labute approximate surface area is 125 Å². The molecule has 1 unspecified atom stereocenters. The van der Waals surface area contributed by atoms with Crippen molar-refractivity contribution in [1.29, 1.82) is 0 Å². The number of ketones is 1. The first kappa shape index (κ1) is 15.5. The third kappa shape index (κ3) is 4.04. The van der Waals surface area contributed by atoms with Gasteiger partial charge in [-0.1, -0.05) is 12.1 Å². The summed E-state index contributed by atoms with van der Waals surface area (Å²) in [6.07, 6.45) is 1.10. The van der Waals surface area contributed by atoms with Crippen LogP contribution in [0.15, 0.2) is 24.3 Å². The van der Waals surface area contributed by atoms with Gasteiger partial charge in [-0.25, -0.2) is 0 Å². The van der Waals surface area contributed by atoms with Gasteiger partial charge in [-0.05, 0) is 38.8 Å². The van der Waals surface area contributed by atoms with Gasteiger partial charge in [0.1, 0.15) is 5.75 Å². The van der Waals surface area contributed by atoms with E-state index in [4.69, 9.17) is 10.5 Å². The van der Waals surface area contributed by atoms with Crippen LogP contribution in [0.2, 0.25) is 0 Å². The van der Waals surface area contributed by atoms with E-state index in [0.29, 0.717) is 24.4 Å². The molecule has 1 aromatic carbocycles. The van der Waals surface area contributed by atoms with E-state index in [1.807, 2.05) is 0 Å². The zero-order chi connectivity index (χ0) is 15.4. The largest absolute Gasteiger partial charge is 0.481 e. The number of likely N-dealkylation sites (tertiary alicyclic amines) is 1. The number of carbonyl (C=O) groups is 2. The number of nitrogens with two attached hydrogens (primary N) is 1. The number of rotatable bonds is 4. The van der Waals surface area contributed by atoms with Gasteiger partial charge in [-0.15, -0.1) is 0 Å². The van der Waals surface area contributed by atoms with Gasteiger partial charge < -0.3 is 15.4 Å². The van der Waals surface area contributed by atoms with Crippen LogP contribution >= 0.6 is 0 Å². The van der Waals surface area contributed by atoms with Crippen LogP contribution in [0, 0.1) is 0 Å². The number of ether oxygens (including phenoxy) is 1. The van der Waals surface area contributed by atoms with E-state index in [2.05, 4.69) is 0 Å². The van der Waals surface area contributed by atoms with Crippen molar-refractivity contribution >= 4 is 11.7 Å². The summed E-state index contributed by atoms with van der Waals surface area (Å²) in [5, 5.41) is 0. The molecule has 0 aliphatic carbocycles. The molecule has 1 aliphatic rings. The van der Waals surface area contributed by atoms with E-state index in [9.17, 15) is 9.59 Å². The Morgan fingerprint density at radius 3 is 2.62 bits per heavy atom. The molecule has 1 atom stereocenters. The summed E-state index contributed by atoms with van der Waals surface area (Å²) in [4.78, 5) is 25.5. The van der Waals surface area contributed by atoms with Crippen molar-refractivity contribution in [2.24, 2.45) is 5.73 Å². The van der Waals surface area contributed by atoms with E-state index >= 15 is 0 Å². The first-order valence-corrected chi connectivity index (χ1v) is 7.29. The molecule has 0 bridgehead atoms. The van der Waals surface area contributed by atoms with E-state index in [-0.39, 0.29) is 17.7 Å². The highest BCUT2D eigenvalue weighted by Gasteiger charge is 2.25. The molecule has 1 aromatic rings. The van der Waals surface area contributed by atoms with Crippen molar-refractivity contribution < 1.29 is 14.3 Å². The lowest BCUT2D eigenvalue weighted by Crippen LogP contribution is -2.47. The van der Waals surface area contributed by atoms with Crippen molar-refractivity contribution in [1.82, 2.24) is 4.90 Å². The Bertz CT molecular complexity index is 522. The van der Waals surface area contributed by atoms with Gasteiger partial charge in [0.2, 0.25) is 0 Å². The fourth-order valence-corrected chi connectivity index (χ4v) is 2.42. The van der Waals surface area contributed by atoms with E-state index < -0.39 is 6.10 Å². The molecular weight excluding hydrogens is 268 g/mol. The lowest BCUT2D eigenvalue weighted by Gasteiger charge is -2.32. The van der Waals surface area contributed by atoms with Crippen molar-refractivity contribution in [3.05, 3.63) is 29.8 Å². The summed E-state index contributed by atoms with van der Waals surface area (Å²) < 4.78 is 5.67. The smallest absolute Gasteiger partial charge is 0.263 e. The molecule has 0 radical (unpaired) electrons. The third-order valence-electron chi connectivity index (χ3n) is 3.75. The Balaban J connectivity index is 1.97. The maximum absolute atomic E-state index is 12.3. The molecule has 1 saturated heterocycles. The van der Waals surface area contributed by atoms with Crippen LogP contribution in [0.4, 0.5) is 0 Å². The molecule has 21 heavy (non-hydrogen) atoms. The zero-order valence-electron chi connectivity index (χ0n) is 12.5. The van der Waals surface area contributed by atoms with E-state index in [1.165, 1.54) is 6.92 Å². The first-order chi connectivity index (χ1) is 9.97. The first-order valence-electron chi connectivity index (χ1n) is 7.29. The summed E-state index contributed by atoms with van der Waals surface area (Å²) in [7, 11) is 0. The van der Waals surface area contributed by atoms with Crippen molar-refractivity contribution in [3.63, 3.8) is 0 Å². The Morgan fingerprint density at radius 2 is 2.00 bits per heavy atom. The minimum absolute atomic E-state index is 0.0237. The number of Topliss-reactive ketones (excluding diaryl/α,β-unsaturated/α-hetero) is 1. The van der Waals surface area contributed by atoms with Crippen LogP contribution in [-0.4, -0.2) is 41.8 Å². The van der Waals surface area contributed by atoms with Crippen molar-refractivity contribution in [2.75, 3.05) is 13.1 Å². The Morgan fingerprint density at radius 1 is 1.33 bits per heavy atom. The molecule has 1 fully saturated rings. The summed E-state index contributed by atoms with van der Waals surface area (Å²) in [5.74, 6) is 0.483. The minimum atomic E-state index is -0.568. The molecule has 0 aromatic heterocycles. The molecule has 1 amide bonds. The van der Waals surface area contributed by atoms with E-state index in [0.717, 1.165) is 12.8 Å². The maximum atomic E-state index is 12.3. The van der Waals surface area contributed by atoms with Gasteiger partial charge in [0, 0.05) is 24.7 Å². The number of amides is 1. The number of hydrogen-bond acceptors (Lipinski definition) is 4. The molecule has 0 spiro atoms. The molecule has 0 saturated carbocycles. The van der Waals surface area contributed by atoms with Gasteiger partial charge >= 0.3 is 0 Å². The van der Waals surface area contributed by atoms with Gasteiger partial charge in [0.05, 0.1) is 0 Å². The monoisotopic (exact) mass is 290 g/mol. The van der Waals surface area contributed by atoms with Crippen molar-refractivity contribution in [3.8, 4) is 5.75 Å². The number of piperidine rings is 1. The molecule has 5 heteroatoms. The number of hydrogen-bond donors (Lipinski definition) is 1. The summed E-state index contributed by atoms with van der Waals surface area (Å²) in [5.41, 5.74) is 6.42. The molecule has 1 aliphatic heterocycles. The highest BCUT2D eigenvalue weighted by Crippen LogP contribution is 2.17. The SMILES string of the molecule is CC(=O)c1cccc(OC(C)C(=O)N2CCC(N)CC2)c1. The minimum Gasteiger partial charge on any atom is -0.481 e. The van der Waals surface area contributed by atoms with Gasteiger partial charge in [0.25, 0.3) is 5.91 Å². The molecule has 1 heterocycles. The predicted octanol–water partition coefficient (Wildman–Crippen LogP) is 1.61. The van der Waals surface area contributed by atoms with Crippen LogP contribution in [-0.2, 0) is 4.79 Å². The lowest BCUT2D eigenvalue weighted by molar-refractivity contribution is -0.139. The normalized spacial score (nSPS) is 17.4. The van der Waals surface area contributed by atoms with Crippen LogP contribution in [0.3, 0.4) is 0 Å². The molecule has 2 rings (SSSR count). The van der Waals surface area contributed by atoms with Gasteiger partial charge in [-0.2, -0.15) is 0 Å². The number of nitrogens with zero attached hydrogens (tertiary/aromatic N) is 1. The third-order valence-corrected chi connectivity index (χ3v) is 3.75. The average molecular weight is 290 g/mol. The number of benzene rings is 1. The fourth-order valence-electron chi connectivity index (χ4n) is 2.42. The fraction of sp³-hybridized carbons (Fsp3) is 0.500. The second-order valence-electron chi connectivity index (χ2n) is 5.51. The molecular formula is C16H22N2O3. The number of carbonyl (C=O) groups excluding carboxylic acids is 2. The second kappa shape index (κ2) is 6.72. The zero-order valence-corrected chi connectivity index (χ0v) is 12.5. The molecule has 2 N–H and O–H groups in total. The van der Waals surface area contributed by atoms with Crippen LogP contribution < -0.4 is 10.5 Å². The second-order valence-corrected chi connectivity index (χ2v) is 5.51. The Kier molecular flexibility index (Phi) is 4.96. The topological polar surface area (TPSA) is 72.6 Å². The predicted molar refractivity (Wildman–Crippen MR) is 80.3 cm³/mol. The summed E-state index contributed by atoms with van der Waals surface area (Å²) in [6, 6.07) is 7.09. The average Bonchev–Trinajstić information content (AvgIpc) is 2.47. The lowest BCUT2D eigenvalue weighted by atomic mass is 10.1. The van der Waals surface area contributed by atoms with E-state index in [1.54, 1.807) is 36.1 Å². The summed E-state index contributed by atoms with van der Waals surface area (Å²) in [6.45, 7) is 4.60. The standard InChI is InChI=1S/C16H22N2O3/c1-11(19)13-4-3-5-15(10-13)21-12(2)16(20)18-8-6-14(17)7-9-18/h3-5,10,12,14H,6-9,17H2,1-2H3. The maximum Gasteiger partial charge on any atom is 0.263 e. The molecule has 5 nitrogen and oxygen atoms in total. The van der Waals surface area contributed by atoms with Gasteiger partial charge in [-0.3, -0.25) is 9.59 Å². The Hall–Kier alpha value is -1.88. The van der Waals surface area contributed by atoms with Gasteiger partial charge in [0.15, 0.2) is 11.9 Å². The highest BCUT2D eigenvalue weighted by atomic mass is 16.5. The quantitative estimate of drug-likeness (QED) is 0.855. The van der Waals surface area contributed by atoms with Crippen LogP contribution in [0.1, 0.15) is 37.0 Å². The van der Waals surface area contributed by atoms with Crippen molar-refractivity contribution in [2.45, 2.75) is 38.8 Å².